The molecule has 1 aliphatic carbocycles. The number of nitrogens with one attached hydrogen (secondary N) is 1. The highest BCUT2D eigenvalue weighted by atomic mass is 79.9. The second kappa shape index (κ2) is 6.40. The van der Waals surface area contributed by atoms with E-state index in [1.807, 2.05) is 0 Å². The highest BCUT2D eigenvalue weighted by Gasteiger charge is 2.34. The van der Waals surface area contributed by atoms with Gasteiger partial charge in [0.1, 0.15) is 17.3 Å². The number of hydrogen-bond donors (Lipinski definition) is 1. The number of hydrogen-bond acceptors (Lipinski definition) is 3. The Hall–Kier alpha value is -0.350. The molecule has 0 bridgehead atoms. The summed E-state index contributed by atoms with van der Waals surface area (Å²) in [5.74, 6) is 1.53. The van der Waals surface area contributed by atoms with Crippen molar-refractivity contribution < 1.29 is 0 Å². The maximum absolute atomic E-state index is 5.99. The lowest BCUT2D eigenvalue weighted by Gasteiger charge is -2.31. The van der Waals surface area contributed by atoms with Gasteiger partial charge in [0.15, 0.2) is 0 Å². The molecule has 0 unspecified atom stereocenters. The molecule has 106 valence electrons. The van der Waals surface area contributed by atoms with Crippen LogP contribution in [0.3, 0.4) is 0 Å². The van der Waals surface area contributed by atoms with Gasteiger partial charge < -0.3 is 5.32 Å². The zero-order chi connectivity index (χ0) is 13.9. The van der Waals surface area contributed by atoms with Crippen LogP contribution < -0.4 is 5.32 Å². The molecule has 0 saturated heterocycles. The van der Waals surface area contributed by atoms with E-state index in [0.29, 0.717) is 10.6 Å². The minimum absolute atomic E-state index is 0.422. The first-order valence-corrected chi connectivity index (χ1v) is 8.09. The number of rotatable bonds is 5. The van der Waals surface area contributed by atoms with Gasteiger partial charge in [0.2, 0.25) is 0 Å². The lowest BCUT2D eigenvalue weighted by Crippen LogP contribution is -2.28. The van der Waals surface area contributed by atoms with Crippen molar-refractivity contribution in [1.29, 1.82) is 0 Å². The Balaban J connectivity index is 2.05. The zero-order valence-electron chi connectivity index (χ0n) is 11.5. The Labute approximate surface area is 128 Å². The van der Waals surface area contributed by atoms with Crippen molar-refractivity contribution in [2.75, 3.05) is 11.9 Å². The van der Waals surface area contributed by atoms with Gasteiger partial charge in [-0.2, -0.15) is 0 Å². The van der Waals surface area contributed by atoms with E-state index < -0.39 is 0 Å². The first-order valence-electron chi connectivity index (χ1n) is 6.92. The van der Waals surface area contributed by atoms with E-state index in [1.54, 1.807) is 0 Å². The van der Waals surface area contributed by atoms with Crippen molar-refractivity contribution in [2.24, 2.45) is 11.3 Å². The van der Waals surface area contributed by atoms with Crippen molar-refractivity contribution in [3.05, 3.63) is 16.0 Å². The number of anilines is 1. The van der Waals surface area contributed by atoms with Crippen molar-refractivity contribution in [3.8, 4) is 0 Å². The summed E-state index contributed by atoms with van der Waals surface area (Å²) in [6.07, 6.45) is 8.10. The fourth-order valence-electron chi connectivity index (χ4n) is 3.19. The van der Waals surface area contributed by atoms with Crippen LogP contribution in [0.15, 0.2) is 10.8 Å². The van der Waals surface area contributed by atoms with Gasteiger partial charge in [-0.05, 0) is 46.5 Å². The molecule has 1 aromatic rings. The summed E-state index contributed by atoms with van der Waals surface area (Å²) < 4.78 is 0.759. The summed E-state index contributed by atoms with van der Waals surface area (Å²) in [5.41, 5.74) is 0.422. The Morgan fingerprint density at radius 1 is 1.37 bits per heavy atom. The monoisotopic (exact) mass is 345 g/mol. The van der Waals surface area contributed by atoms with Crippen LogP contribution in [0, 0.1) is 11.3 Å². The molecule has 3 nitrogen and oxygen atoms in total. The Morgan fingerprint density at radius 2 is 2.05 bits per heavy atom. The van der Waals surface area contributed by atoms with Crippen LogP contribution in [0.5, 0.6) is 0 Å². The van der Waals surface area contributed by atoms with E-state index in [1.165, 1.54) is 38.4 Å². The molecule has 1 N–H and O–H groups in total. The predicted molar refractivity (Wildman–Crippen MR) is 83.6 cm³/mol. The molecule has 0 radical (unpaired) electrons. The average molecular weight is 347 g/mol. The molecule has 0 amide bonds. The topological polar surface area (TPSA) is 37.8 Å². The van der Waals surface area contributed by atoms with Crippen LogP contribution in [-0.4, -0.2) is 16.5 Å². The fraction of sp³-hybridized carbons (Fsp3) is 0.714. The van der Waals surface area contributed by atoms with E-state index in [9.17, 15) is 0 Å². The average Bonchev–Trinajstić information content (AvgIpc) is 2.79. The quantitative estimate of drug-likeness (QED) is 0.770. The van der Waals surface area contributed by atoms with Gasteiger partial charge in [0.05, 0.1) is 4.47 Å². The lowest BCUT2D eigenvalue weighted by atomic mass is 9.78. The molecule has 2 rings (SSSR count). The molecule has 0 aromatic carbocycles. The third kappa shape index (κ3) is 3.82. The van der Waals surface area contributed by atoms with Crippen molar-refractivity contribution in [1.82, 2.24) is 9.97 Å². The molecule has 5 heteroatoms. The van der Waals surface area contributed by atoms with Crippen LogP contribution in [0.1, 0.15) is 46.0 Å². The van der Waals surface area contributed by atoms with Gasteiger partial charge >= 0.3 is 0 Å². The van der Waals surface area contributed by atoms with E-state index in [2.05, 4.69) is 45.1 Å². The van der Waals surface area contributed by atoms with Gasteiger partial charge in [0, 0.05) is 6.54 Å². The summed E-state index contributed by atoms with van der Waals surface area (Å²) in [4.78, 5) is 8.21. The molecule has 1 fully saturated rings. The summed E-state index contributed by atoms with van der Waals surface area (Å²) in [5, 5.41) is 3.92. The molecule has 19 heavy (non-hydrogen) atoms. The molecule has 0 atom stereocenters. The van der Waals surface area contributed by atoms with Crippen LogP contribution >= 0.6 is 27.5 Å². The second-order valence-electron chi connectivity index (χ2n) is 5.99. The van der Waals surface area contributed by atoms with Crippen molar-refractivity contribution >= 4 is 33.3 Å². The largest absolute Gasteiger partial charge is 0.368 e. The highest BCUT2D eigenvalue weighted by Crippen LogP contribution is 2.43. The van der Waals surface area contributed by atoms with Gasteiger partial charge in [-0.1, -0.05) is 38.3 Å². The van der Waals surface area contributed by atoms with Crippen molar-refractivity contribution in [2.45, 2.75) is 46.0 Å². The molecular weight excluding hydrogens is 326 g/mol. The maximum atomic E-state index is 5.99. The third-order valence-electron chi connectivity index (χ3n) is 3.88. The van der Waals surface area contributed by atoms with E-state index in [4.69, 9.17) is 11.6 Å². The summed E-state index contributed by atoms with van der Waals surface area (Å²) >= 11 is 9.43. The lowest BCUT2D eigenvalue weighted by molar-refractivity contribution is 0.252. The van der Waals surface area contributed by atoms with E-state index >= 15 is 0 Å². The third-order valence-corrected chi connectivity index (χ3v) is 5.15. The van der Waals surface area contributed by atoms with E-state index in [-0.39, 0.29) is 0 Å². The summed E-state index contributed by atoms with van der Waals surface area (Å²) in [6, 6.07) is 0. The smallest absolute Gasteiger partial charge is 0.148 e. The molecule has 0 aliphatic heterocycles. The molecule has 1 aromatic heterocycles. The molecule has 1 saturated carbocycles. The standard InChI is InChI=1S/C14H21BrClN3/c1-10(2)7-14(5-3-4-6-14)8-17-13-11(15)12(16)18-9-19-13/h9-10H,3-8H2,1-2H3,(H,17,18,19). The molecular formula is C14H21BrClN3. The zero-order valence-corrected chi connectivity index (χ0v) is 13.9. The fourth-order valence-corrected chi connectivity index (χ4v) is 3.66. The second-order valence-corrected chi connectivity index (χ2v) is 7.14. The number of nitrogens with zero attached hydrogens (tertiary/aromatic N) is 2. The summed E-state index contributed by atoms with van der Waals surface area (Å²) in [6.45, 7) is 5.58. The molecule has 1 aliphatic rings. The molecule has 1 heterocycles. The minimum atomic E-state index is 0.422. The van der Waals surface area contributed by atoms with Gasteiger partial charge in [-0.15, -0.1) is 0 Å². The van der Waals surface area contributed by atoms with Crippen molar-refractivity contribution in [3.63, 3.8) is 0 Å². The molecule has 0 spiro atoms. The predicted octanol–water partition coefficient (Wildman–Crippen LogP) is 4.91. The Bertz CT molecular complexity index is 431. The first-order chi connectivity index (χ1) is 9.02. The maximum Gasteiger partial charge on any atom is 0.148 e. The number of halogens is 2. The highest BCUT2D eigenvalue weighted by molar-refractivity contribution is 9.10. The number of aromatic nitrogens is 2. The Morgan fingerprint density at radius 3 is 2.68 bits per heavy atom. The normalized spacial score (nSPS) is 17.9. The SMILES string of the molecule is CC(C)CC1(CNc2ncnc(Cl)c2Br)CCCC1. The van der Waals surface area contributed by atoms with Crippen LogP contribution in [-0.2, 0) is 0 Å². The van der Waals surface area contributed by atoms with Crippen LogP contribution in [0.25, 0.3) is 0 Å². The first kappa shape index (κ1) is 15.0. The van der Waals surface area contributed by atoms with Crippen LogP contribution in [0.4, 0.5) is 5.82 Å². The van der Waals surface area contributed by atoms with Gasteiger partial charge in [-0.3, -0.25) is 0 Å². The van der Waals surface area contributed by atoms with Gasteiger partial charge in [-0.25, -0.2) is 9.97 Å². The summed E-state index contributed by atoms with van der Waals surface area (Å²) in [7, 11) is 0. The van der Waals surface area contributed by atoms with Gasteiger partial charge in [0.25, 0.3) is 0 Å². The minimum Gasteiger partial charge on any atom is -0.368 e. The Kier molecular flexibility index (Phi) is 5.07. The van der Waals surface area contributed by atoms with Crippen LogP contribution in [0.2, 0.25) is 5.15 Å². The van der Waals surface area contributed by atoms with E-state index in [0.717, 1.165) is 22.8 Å².